The van der Waals surface area contributed by atoms with Crippen molar-refractivity contribution in [2.75, 3.05) is 5.33 Å². The molecule has 0 aromatic rings. The number of amides is 1. The van der Waals surface area contributed by atoms with E-state index in [2.05, 4.69) is 48.9 Å². The molecule has 1 N–H and O–H groups in total. The van der Waals surface area contributed by atoms with Crippen LogP contribution in [0.5, 0.6) is 0 Å². The van der Waals surface area contributed by atoms with Crippen LogP contribution in [0.4, 0.5) is 0 Å². The zero-order valence-corrected chi connectivity index (χ0v) is 13.2. The van der Waals surface area contributed by atoms with Gasteiger partial charge in [0.15, 0.2) is 0 Å². The molecular formula is C14H26BrNO. The monoisotopic (exact) mass is 303 g/mol. The molecule has 100 valence electrons. The average Bonchev–Trinajstić information content (AvgIpc) is 2.66. The van der Waals surface area contributed by atoms with Crippen LogP contribution in [0.2, 0.25) is 0 Å². The molecule has 17 heavy (non-hydrogen) atoms. The van der Waals surface area contributed by atoms with Crippen molar-refractivity contribution in [3.63, 3.8) is 0 Å². The molecule has 0 aromatic carbocycles. The molecule has 0 bridgehead atoms. The molecule has 2 nitrogen and oxygen atoms in total. The van der Waals surface area contributed by atoms with Gasteiger partial charge >= 0.3 is 0 Å². The van der Waals surface area contributed by atoms with Crippen molar-refractivity contribution in [3.05, 3.63) is 0 Å². The lowest BCUT2D eigenvalue weighted by Crippen LogP contribution is -2.52. The van der Waals surface area contributed by atoms with Crippen molar-refractivity contribution in [3.8, 4) is 0 Å². The minimum absolute atomic E-state index is 0.0598. The molecule has 0 aromatic heterocycles. The summed E-state index contributed by atoms with van der Waals surface area (Å²) in [5, 5.41) is 4.13. The van der Waals surface area contributed by atoms with Gasteiger partial charge in [-0.05, 0) is 31.1 Å². The maximum atomic E-state index is 12.4. The molecule has 1 amide bonds. The summed E-state index contributed by atoms with van der Waals surface area (Å²) < 4.78 is 0. The van der Waals surface area contributed by atoms with Crippen LogP contribution in [0.25, 0.3) is 0 Å². The Labute approximate surface area is 114 Å². The predicted octanol–water partition coefficient (Wildman–Crippen LogP) is 3.88. The molecule has 0 saturated heterocycles. The lowest BCUT2D eigenvalue weighted by Gasteiger charge is -2.35. The van der Waals surface area contributed by atoms with E-state index < -0.39 is 0 Å². The number of alkyl halides is 1. The van der Waals surface area contributed by atoms with E-state index in [1.165, 1.54) is 12.8 Å². The predicted molar refractivity (Wildman–Crippen MR) is 76.4 cm³/mol. The van der Waals surface area contributed by atoms with Crippen molar-refractivity contribution in [1.82, 2.24) is 5.32 Å². The fourth-order valence-corrected chi connectivity index (χ4v) is 3.74. The van der Waals surface area contributed by atoms with E-state index in [4.69, 9.17) is 0 Å². The largest absolute Gasteiger partial charge is 0.350 e. The van der Waals surface area contributed by atoms with E-state index in [1.54, 1.807) is 0 Å². The van der Waals surface area contributed by atoms with E-state index in [1.807, 2.05) is 0 Å². The van der Waals surface area contributed by atoms with Crippen LogP contribution >= 0.6 is 15.9 Å². The van der Waals surface area contributed by atoms with Gasteiger partial charge in [-0.1, -0.05) is 50.0 Å². The summed E-state index contributed by atoms with van der Waals surface area (Å²) in [5.41, 5.74) is 0.110. The lowest BCUT2D eigenvalue weighted by molar-refractivity contribution is -0.129. The summed E-state index contributed by atoms with van der Waals surface area (Å²) in [6.45, 7) is 8.73. The lowest BCUT2D eigenvalue weighted by atomic mass is 9.80. The first-order chi connectivity index (χ1) is 7.90. The van der Waals surface area contributed by atoms with Crippen LogP contribution in [-0.4, -0.2) is 16.8 Å². The Morgan fingerprint density at radius 3 is 2.35 bits per heavy atom. The Morgan fingerprint density at radius 1 is 1.41 bits per heavy atom. The molecule has 1 aliphatic carbocycles. The second kappa shape index (κ2) is 5.73. The molecule has 1 fully saturated rings. The van der Waals surface area contributed by atoms with Gasteiger partial charge in [-0.15, -0.1) is 0 Å². The van der Waals surface area contributed by atoms with Crippen LogP contribution in [0.3, 0.4) is 0 Å². The summed E-state index contributed by atoms with van der Waals surface area (Å²) in [7, 11) is 0. The number of carbonyl (C=O) groups excluding carboxylic acids is 1. The second-order valence-electron chi connectivity index (χ2n) is 6.04. The van der Waals surface area contributed by atoms with Crippen molar-refractivity contribution in [2.24, 2.45) is 11.3 Å². The molecular weight excluding hydrogens is 278 g/mol. The molecule has 3 heteroatoms. The second-order valence-corrected chi connectivity index (χ2v) is 6.60. The highest BCUT2D eigenvalue weighted by molar-refractivity contribution is 9.09. The maximum absolute atomic E-state index is 12.4. The Kier molecular flexibility index (Phi) is 5.06. The summed E-state index contributed by atoms with van der Waals surface area (Å²) >= 11 is 3.54. The van der Waals surface area contributed by atoms with Crippen LogP contribution in [-0.2, 0) is 4.79 Å². The highest BCUT2D eigenvalue weighted by atomic mass is 79.9. The standard InChI is InChI=1S/C14H26BrNO/c1-5-14(6-2,10-15)16-12(17)11-8-7-9-13(11,3)4/h11H,5-10H2,1-4H3,(H,16,17). The molecule has 1 saturated carbocycles. The third-order valence-electron chi connectivity index (χ3n) is 4.57. The van der Waals surface area contributed by atoms with E-state index in [0.29, 0.717) is 0 Å². The Morgan fingerprint density at radius 2 is 2.00 bits per heavy atom. The highest BCUT2D eigenvalue weighted by Crippen LogP contribution is 2.43. The Balaban J connectivity index is 2.71. The van der Waals surface area contributed by atoms with Crippen LogP contribution in [0.15, 0.2) is 0 Å². The number of hydrogen-bond donors (Lipinski definition) is 1. The maximum Gasteiger partial charge on any atom is 0.224 e. The first-order valence-corrected chi connectivity index (χ1v) is 7.91. The third-order valence-corrected chi connectivity index (χ3v) is 5.64. The average molecular weight is 304 g/mol. The van der Waals surface area contributed by atoms with E-state index in [0.717, 1.165) is 24.6 Å². The van der Waals surface area contributed by atoms with Crippen molar-refractivity contribution in [2.45, 2.75) is 65.3 Å². The summed E-state index contributed by atoms with van der Waals surface area (Å²) in [4.78, 5) is 12.4. The fourth-order valence-electron chi connectivity index (χ4n) is 2.81. The molecule has 1 aliphatic rings. The van der Waals surface area contributed by atoms with Gasteiger partial charge in [0.25, 0.3) is 0 Å². The molecule has 1 rings (SSSR count). The van der Waals surface area contributed by atoms with Crippen LogP contribution in [0, 0.1) is 11.3 Å². The molecule has 0 radical (unpaired) electrons. The molecule has 1 unspecified atom stereocenters. The summed E-state index contributed by atoms with van der Waals surface area (Å²) in [6, 6.07) is 0. The van der Waals surface area contributed by atoms with Gasteiger partial charge in [0.2, 0.25) is 5.91 Å². The topological polar surface area (TPSA) is 29.1 Å². The number of hydrogen-bond acceptors (Lipinski definition) is 1. The molecule has 0 heterocycles. The van der Waals surface area contributed by atoms with Gasteiger partial charge in [-0.2, -0.15) is 0 Å². The van der Waals surface area contributed by atoms with E-state index in [-0.39, 0.29) is 22.8 Å². The number of nitrogens with one attached hydrogen (secondary N) is 1. The van der Waals surface area contributed by atoms with Crippen LogP contribution < -0.4 is 5.32 Å². The number of carbonyl (C=O) groups is 1. The quantitative estimate of drug-likeness (QED) is 0.767. The minimum atomic E-state index is -0.0598. The van der Waals surface area contributed by atoms with Gasteiger partial charge in [-0.3, -0.25) is 4.79 Å². The van der Waals surface area contributed by atoms with Gasteiger partial charge in [-0.25, -0.2) is 0 Å². The fraction of sp³-hybridized carbons (Fsp3) is 0.929. The number of halogens is 1. The van der Waals surface area contributed by atoms with Gasteiger partial charge in [0, 0.05) is 16.8 Å². The molecule has 1 atom stereocenters. The zero-order chi connectivity index (χ0) is 13.1. The number of rotatable bonds is 5. The first kappa shape index (κ1) is 15.0. The van der Waals surface area contributed by atoms with Gasteiger partial charge in [0.05, 0.1) is 0 Å². The highest BCUT2D eigenvalue weighted by Gasteiger charge is 2.41. The zero-order valence-electron chi connectivity index (χ0n) is 11.6. The molecule has 0 spiro atoms. The first-order valence-electron chi connectivity index (χ1n) is 6.79. The molecule has 0 aliphatic heterocycles. The Bertz CT molecular complexity index is 263. The normalized spacial score (nSPS) is 23.7. The summed E-state index contributed by atoms with van der Waals surface area (Å²) in [5.74, 6) is 0.453. The summed E-state index contributed by atoms with van der Waals surface area (Å²) in [6.07, 6.45) is 5.36. The van der Waals surface area contributed by atoms with Crippen LogP contribution in [0.1, 0.15) is 59.8 Å². The van der Waals surface area contributed by atoms with Crippen molar-refractivity contribution < 1.29 is 4.79 Å². The van der Waals surface area contributed by atoms with E-state index >= 15 is 0 Å². The van der Waals surface area contributed by atoms with Gasteiger partial charge in [0.1, 0.15) is 0 Å². The van der Waals surface area contributed by atoms with Crippen molar-refractivity contribution in [1.29, 1.82) is 0 Å². The Hall–Kier alpha value is -0.0500. The SMILES string of the molecule is CCC(CC)(CBr)NC(=O)C1CCCC1(C)C. The van der Waals surface area contributed by atoms with E-state index in [9.17, 15) is 4.79 Å². The smallest absolute Gasteiger partial charge is 0.224 e. The van der Waals surface area contributed by atoms with Gasteiger partial charge < -0.3 is 5.32 Å². The minimum Gasteiger partial charge on any atom is -0.350 e. The van der Waals surface area contributed by atoms with Crippen molar-refractivity contribution >= 4 is 21.8 Å². The third kappa shape index (κ3) is 3.24.